The van der Waals surface area contributed by atoms with E-state index in [2.05, 4.69) is 20.7 Å². The van der Waals surface area contributed by atoms with Crippen LogP contribution < -0.4 is 4.74 Å². The Labute approximate surface area is 174 Å². The van der Waals surface area contributed by atoms with E-state index < -0.39 is 17.1 Å². The van der Waals surface area contributed by atoms with E-state index >= 15 is 0 Å². The normalized spacial score (nSPS) is 11.8. The molecule has 6 nitrogen and oxygen atoms in total. The van der Waals surface area contributed by atoms with Crippen LogP contribution in [-0.2, 0) is 22.6 Å². The van der Waals surface area contributed by atoms with Crippen LogP contribution in [0.1, 0.15) is 23.1 Å². The first-order chi connectivity index (χ1) is 13.2. The minimum atomic E-state index is -1.35. The summed E-state index contributed by atoms with van der Waals surface area (Å²) in [5, 5.41) is 11.0. The third kappa shape index (κ3) is 5.65. The van der Waals surface area contributed by atoms with Crippen molar-refractivity contribution in [3.8, 4) is 5.75 Å². The zero-order valence-electron chi connectivity index (χ0n) is 15.2. The largest absolute Gasteiger partial charge is 0.487 e. The molecule has 0 aliphatic heterocycles. The average Bonchev–Trinajstić information content (AvgIpc) is 2.61. The van der Waals surface area contributed by atoms with Gasteiger partial charge in [0.2, 0.25) is 0 Å². The van der Waals surface area contributed by atoms with Crippen LogP contribution in [0.5, 0.6) is 5.75 Å². The molecule has 0 fully saturated rings. The first kappa shape index (κ1) is 22.1. The third-order valence-electron chi connectivity index (χ3n) is 3.99. The first-order valence-electron chi connectivity index (χ1n) is 8.27. The van der Waals surface area contributed by atoms with E-state index in [1.165, 1.54) is 19.2 Å². The SMILES string of the molecule is COC(=O)CC(F)Cc1cc(C)c(OCc2cccc([N+](=O)[O-])c2Cl)c(Br)c1. The zero-order chi connectivity index (χ0) is 20.8. The second-order valence-electron chi connectivity index (χ2n) is 6.10. The van der Waals surface area contributed by atoms with E-state index in [0.29, 0.717) is 21.3 Å². The molecule has 0 radical (unpaired) electrons. The number of esters is 1. The van der Waals surface area contributed by atoms with Gasteiger partial charge in [-0.25, -0.2) is 4.39 Å². The van der Waals surface area contributed by atoms with Gasteiger partial charge in [0.1, 0.15) is 23.6 Å². The predicted molar refractivity (Wildman–Crippen MR) is 107 cm³/mol. The minimum absolute atomic E-state index is 0.0287. The number of ether oxygens (including phenoxy) is 2. The van der Waals surface area contributed by atoms with Gasteiger partial charge in [0.15, 0.2) is 0 Å². The highest BCUT2D eigenvalue weighted by Gasteiger charge is 2.18. The first-order valence-corrected chi connectivity index (χ1v) is 9.44. The molecule has 9 heteroatoms. The van der Waals surface area contributed by atoms with Crippen LogP contribution in [0.3, 0.4) is 0 Å². The number of nitro benzene ring substituents is 1. The summed E-state index contributed by atoms with van der Waals surface area (Å²) in [6, 6.07) is 7.98. The fourth-order valence-electron chi connectivity index (χ4n) is 2.66. The molecule has 2 aromatic rings. The molecule has 150 valence electrons. The summed E-state index contributed by atoms with van der Waals surface area (Å²) in [6.07, 6.45) is -1.60. The molecule has 28 heavy (non-hydrogen) atoms. The summed E-state index contributed by atoms with van der Waals surface area (Å²) in [6.45, 7) is 1.83. The number of alkyl halides is 1. The third-order valence-corrected chi connectivity index (χ3v) is 5.01. The Morgan fingerprint density at radius 1 is 1.39 bits per heavy atom. The van der Waals surface area contributed by atoms with Crippen LogP contribution >= 0.6 is 27.5 Å². The van der Waals surface area contributed by atoms with E-state index in [1.54, 1.807) is 25.1 Å². The maximum Gasteiger partial charge on any atom is 0.308 e. The highest BCUT2D eigenvalue weighted by atomic mass is 79.9. The van der Waals surface area contributed by atoms with Crippen LogP contribution in [0.2, 0.25) is 5.02 Å². The van der Waals surface area contributed by atoms with Crippen molar-refractivity contribution in [3.05, 3.63) is 66.6 Å². The molecule has 1 atom stereocenters. The zero-order valence-corrected chi connectivity index (χ0v) is 17.5. The molecule has 0 aliphatic carbocycles. The van der Waals surface area contributed by atoms with Crippen molar-refractivity contribution in [1.82, 2.24) is 0 Å². The number of hydrogen-bond acceptors (Lipinski definition) is 5. The molecule has 0 heterocycles. The molecule has 2 rings (SSSR count). The Bertz CT molecular complexity index is 870. The van der Waals surface area contributed by atoms with Gasteiger partial charge in [-0.3, -0.25) is 14.9 Å². The molecule has 0 saturated heterocycles. The van der Waals surface area contributed by atoms with E-state index in [9.17, 15) is 19.3 Å². The van der Waals surface area contributed by atoms with Gasteiger partial charge in [0.05, 0.1) is 22.9 Å². The molecule has 0 spiro atoms. The van der Waals surface area contributed by atoms with Gasteiger partial charge in [-0.2, -0.15) is 0 Å². The number of halogens is 3. The van der Waals surface area contributed by atoms with Crippen molar-refractivity contribution < 1.29 is 23.6 Å². The quantitative estimate of drug-likeness (QED) is 0.293. The number of methoxy groups -OCH3 is 1. The number of carbonyl (C=O) groups excluding carboxylic acids is 1. The number of nitro groups is 1. The number of carbonyl (C=O) groups is 1. The lowest BCUT2D eigenvalue weighted by molar-refractivity contribution is -0.384. The van der Waals surface area contributed by atoms with E-state index in [-0.39, 0.29) is 30.2 Å². The molecule has 0 amide bonds. The van der Waals surface area contributed by atoms with Gasteiger partial charge in [0, 0.05) is 18.1 Å². The number of aryl methyl sites for hydroxylation is 1. The molecule has 0 bridgehead atoms. The van der Waals surface area contributed by atoms with E-state index in [0.717, 1.165) is 5.56 Å². The molecule has 2 aromatic carbocycles. The Morgan fingerprint density at radius 2 is 2.11 bits per heavy atom. The van der Waals surface area contributed by atoms with Gasteiger partial charge in [-0.05, 0) is 40.0 Å². The Morgan fingerprint density at radius 3 is 2.71 bits per heavy atom. The monoisotopic (exact) mass is 473 g/mol. The Hall–Kier alpha value is -2.19. The number of rotatable bonds is 8. The summed E-state index contributed by atoms with van der Waals surface area (Å²) in [5.74, 6) is -0.0771. The second-order valence-corrected chi connectivity index (χ2v) is 7.33. The Balaban J connectivity index is 2.12. The standard InChI is InChI=1S/C19H18BrClFNO5/c1-11-6-12(7-14(22)9-17(24)27-2)8-15(20)19(11)28-10-13-4-3-5-16(18(13)21)23(25)26/h3-6,8,14H,7,9-10H2,1-2H3. The molecular formula is C19H18BrClFNO5. The second kappa shape index (κ2) is 9.84. The summed E-state index contributed by atoms with van der Waals surface area (Å²) < 4.78 is 24.9. The van der Waals surface area contributed by atoms with Crippen molar-refractivity contribution in [2.75, 3.05) is 7.11 Å². The molecule has 0 saturated carbocycles. The van der Waals surface area contributed by atoms with Gasteiger partial charge >= 0.3 is 5.97 Å². The van der Waals surface area contributed by atoms with E-state index in [1.807, 2.05) is 0 Å². The lowest BCUT2D eigenvalue weighted by Crippen LogP contribution is -2.13. The molecule has 0 N–H and O–H groups in total. The summed E-state index contributed by atoms with van der Waals surface area (Å²) in [7, 11) is 1.22. The Kier molecular flexibility index (Phi) is 7.77. The maximum absolute atomic E-state index is 14.0. The highest BCUT2D eigenvalue weighted by molar-refractivity contribution is 9.10. The fourth-order valence-corrected chi connectivity index (χ4v) is 3.63. The lowest BCUT2D eigenvalue weighted by atomic mass is 10.0. The lowest BCUT2D eigenvalue weighted by Gasteiger charge is -2.15. The van der Waals surface area contributed by atoms with Crippen LogP contribution in [0.15, 0.2) is 34.8 Å². The van der Waals surface area contributed by atoms with E-state index in [4.69, 9.17) is 16.3 Å². The van der Waals surface area contributed by atoms with Crippen LogP contribution in [-0.4, -0.2) is 24.2 Å². The summed E-state index contributed by atoms with van der Waals surface area (Å²) in [4.78, 5) is 21.6. The van der Waals surface area contributed by atoms with Crippen LogP contribution in [0.4, 0.5) is 10.1 Å². The fraction of sp³-hybridized carbons (Fsp3) is 0.316. The van der Waals surface area contributed by atoms with Crippen molar-refractivity contribution in [1.29, 1.82) is 0 Å². The molecule has 0 aromatic heterocycles. The van der Waals surface area contributed by atoms with Crippen LogP contribution in [0.25, 0.3) is 0 Å². The summed E-state index contributed by atoms with van der Waals surface area (Å²) in [5.41, 5.74) is 1.74. The summed E-state index contributed by atoms with van der Waals surface area (Å²) >= 11 is 9.47. The van der Waals surface area contributed by atoms with Crippen LogP contribution in [0, 0.1) is 17.0 Å². The van der Waals surface area contributed by atoms with Gasteiger partial charge in [0.25, 0.3) is 5.69 Å². The number of benzene rings is 2. The minimum Gasteiger partial charge on any atom is -0.487 e. The maximum atomic E-state index is 14.0. The number of hydrogen-bond donors (Lipinski definition) is 0. The van der Waals surface area contributed by atoms with Crippen molar-refractivity contribution in [2.45, 2.75) is 32.5 Å². The molecule has 1 unspecified atom stereocenters. The van der Waals surface area contributed by atoms with Crippen molar-refractivity contribution in [2.24, 2.45) is 0 Å². The van der Waals surface area contributed by atoms with Crippen molar-refractivity contribution >= 4 is 39.2 Å². The topological polar surface area (TPSA) is 78.7 Å². The van der Waals surface area contributed by atoms with Gasteiger partial charge in [-0.1, -0.05) is 29.8 Å². The molecular weight excluding hydrogens is 457 g/mol. The van der Waals surface area contributed by atoms with Gasteiger partial charge in [-0.15, -0.1) is 0 Å². The van der Waals surface area contributed by atoms with Crippen molar-refractivity contribution in [3.63, 3.8) is 0 Å². The smallest absolute Gasteiger partial charge is 0.308 e. The molecule has 0 aliphatic rings. The predicted octanol–water partition coefficient (Wildman–Crippen LogP) is 5.34. The number of nitrogens with zero attached hydrogens (tertiary/aromatic N) is 1. The highest BCUT2D eigenvalue weighted by Crippen LogP contribution is 2.34. The van der Waals surface area contributed by atoms with Gasteiger partial charge < -0.3 is 9.47 Å². The average molecular weight is 475 g/mol.